The number of anilines is 1. The number of aliphatic hydroxyl groups excluding tert-OH is 1. The molecule has 18 heavy (non-hydrogen) atoms. The molecular formula is C11H16ClN5O. The Kier molecular flexibility index (Phi) is 3.88. The molecule has 4 N–H and O–H groups in total. The number of nitrogens with one attached hydrogen (secondary N) is 1. The van der Waals surface area contributed by atoms with Gasteiger partial charge in [-0.1, -0.05) is 11.6 Å². The summed E-state index contributed by atoms with van der Waals surface area (Å²) in [6.07, 6.45) is 1.62. The van der Waals surface area contributed by atoms with Crippen LogP contribution in [-0.2, 0) is 6.61 Å². The summed E-state index contributed by atoms with van der Waals surface area (Å²) < 4.78 is 0. The highest BCUT2D eigenvalue weighted by atomic mass is 35.5. The van der Waals surface area contributed by atoms with Crippen molar-refractivity contribution in [2.45, 2.75) is 6.61 Å². The molecule has 1 saturated heterocycles. The van der Waals surface area contributed by atoms with Crippen molar-refractivity contribution in [3.63, 3.8) is 0 Å². The smallest absolute Gasteiger partial charge is 0.188 e. The molecule has 0 unspecified atom stereocenters. The van der Waals surface area contributed by atoms with Crippen LogP contribution in [0.15, 0.2) is 12.3 Å². The zero-order valence-electron chi connectivity index (χ0n) is 9.93. The molecule has 0 atom stereocenters. The average Bonchev–Trinajstić information content (AvgIpc) is 2.38. The van der Waals surface area contributed by atoms with E-state index in [1.54, 1.807) is 12.3 Å². The molecular weight excluding hydrogens is 254 g/mol. The molecule has 0 amide bonds. The quantitative estimate of drug-likeness (QED) is 0.529. The van der Waals surface area contributed by atoms with Crippen molar-refractivity contribution in [3.05, 3.63) is 22.8 Å². The first-order chi connectivity index (χ1) is 8.61. The van der Waals surface area contributed by atoms with Crippen LogP contribution in [0.4, 0.5) is 5.82 Å². The molecule has 1 aliphatic heterocycles. The second kappa shape index (κ2) is 5.41. The lowest BCUT2D eigenvalue weighted by Crippen LogP contribution is -2.51. The van der Waals surface area contributed by atoms with Crippen molar-refractivity contribution >= 4 is 23.4 Å². The van der Waals surface area contributed by atoms with Crippen LogP contribution >= 0.6 is 11.6 Å². The van der Waals surface area contributed by atoms with Crippen molar-refractivity contribution in [2.75, 3.05) is 31.1 Å². The van der Waals surface area contributed by atoms with Crippen LogP contribution in [0.2, 0.25) is 5.02 Å². The molecule has 0 spiro atoms. The standard InChI is InChI=1S/C11H16ClN5O/c12-9-5-8(7-18)6-15-10(9)16-1-3-17(4-2-16)11(13)14/h5-6,18H,1-4,7H2,(H3,13,14). The highest BCUT2D eigenvalue weighted by Gasteiger charge is 2.20. The summed E-state index contributed by atoms with van der Waals surface area (Å²) in [6, 6.07) is 1.72. The minimum atomic E-state index is -0.0644. The van der Waals surface area contributed by atoms with Gasteiger partial charge in [0.15, 0.2) is 5.96 Å². The second-order valence-corrected chi connectivity index (χ2v) is 4.57. The van der Waals surface area contributed by atoms with E-state index in [9.17, 15) is 0 Å². The Morgan fingerprint density at radius 2 is 2.11 bits per heavy atom. The molecule has 2 rings (SSSR count). The number of nitrogens with two attached hydrogens (primary N) is 1. The Hall–Kier alpha value is -1.53. The highest BCUT2D eigenvalue weighted by Crippen LogP contribution is 2.25. The maximum Gasteiger partial charge on any atom is 0.188 e. The predicted octanol–water partition coefficient (Wildman–Crippen LogP) is 0.243. The van der Waals surface area contributed by atoms with Crippen LogP contribution in [-0.4, -0.2) is 47.1 Å². The number of aliphatic hydroxyl groups is 1. The van der Waals surface area contributed by atoms with Gasteiger partial charge in [-0.2, -0.15) is 0 Å². The van der Waals surface area contributed by atoms with Crippen molar-refractivity contribution in [2.24, 2.45) is 5.73 Å². The van der Waals surface area contributed by atoms with Crippen LogP contribution in [0.5, 0.6) is 0 Å². The lowest BCUT2D eigenvalue weighted by atomic mass is 10.2. The van der Waals surface area contributed by atoms with Crippen LogP contribution < -0.4 is 10.6 Å². The lowest BCUT2D eigenvalue weighted by Gasteiger charge is -2.35. The Labute approximate surface area is 110 Å². The van der Waals surface area contributed by atoms with E-state index in [1.807, 2.05) is 4.90 Å². The summed E-state index contributed by atoms with van der Waals surface area (Å²) in [4.78, 5) is 8.14. The van der Waals surface area contributed by atoms with E-state index in [4.69, 9.17) is 27.9 Å². The number of guanidine groups is 1. The third-order valence-corrected chi connectivity index (χ3v) is 3.26. The molecule has 1 aromatic heterocycles. The van der Waals surface area contributed by atoms with Crippen molar-refractivity contribution in [1.82, 2.24) is 9.88 Å². The van der Waals surface area contributed by atoms with Gasteiger partial charge in [-0.25, -0.2) is 4.98 Å². The van der Waals surface area contributed by atoms with E-state index in [0.29, 0.717) is 23.7 Å². The molecule has 2 heterocycles. The summed E-state index contributed by atoms with van der Waals surface area (Å²) in [6.45, 7) is 2.77. The third-order valence-electron chi connectivity index (χ3n) is 2.98. The van der Waals surface area contributed by atoms with Crippen molar-refractivity contribution in [3.8, 4) is 0 Å². The van der Waals surface area contributed by atoms with Gasteiger partial charge < -0.3 is 20.6 Å². The summed E-state index contributed by atoms with van der Waals surface area (Å²) in [5.74, 6) is 0.821. The number of aromatic nitrogens is 1. The van der Waals surface area contributed by atoms with E-state index in [0.717, 1.165) is 18.9 Å². The van der Waals surface area contributed by atoms with E-state index >= 15 is 0 Å². The third kappa shape index (κ3) is 2.65. The number of hydrogen-bond acceptors (Lipinski definition) is 4. The van der Waals surface area contributed by atoms with Gasteiger partial charge in [-0.05, 0) is 11.6 Å². The predicted molar refractivity (Wildman–Crippen MR) is 70.9 cm³/mol. The minimum Gasteiger partial charge on any atom is -0.392 e. The molecule has 1 fully saturated rings. The van der Waals surface area contributed by atoms with Crippen LogP contribution in [0.3, 0.4) is 0 Å². The van der Waals surface area contributed by atoms with E-state index in [-0.39, 0.29) is 12.6 Å². The molecule has 0 aliphatic carbocycles. The fraction of sp³-hybridized carbons (Fsp3) is 0.455. The SMILES string of the molecule is N=C(N)N1CCN(c2ncc(CO)cc2Cl)CC1. The fourth-order valence-electron chi connectivity index (χ4n) is 1.95. The maximum absolute atomic E-state index is 9.00. The molecule has 1 aliphatic rings. The van der Waals surface area contributed by atoms with Gasteiger partial charge in [-0.3, -0.25) is 5.41 Å². The Morgan fingerprint density at radius 1 is 1.44 bits per heavy atom. The number of pyridine rings is 1. The Morgan fingerprint density at radius 3 is 2.61 bits per heavy atom. The van der Waals surface area contributed by atoms with Gasteiger partial charge in [0.05, 0.1) is 11.6 Å². The second-order valence-electron chi connectivity index (χ2n) is 4.17. The number of rotatable bonds is 2. The summed E-state index contributed by atoms with van der Waals surface area (Å²) >= 11 is 6.14. The van der Waals surface area contributed by atoms with Crippen molar-refractivity contribution in [1.29, 1.82) is 5.41 Å². The zero-order chi connectivity index (χ0) is 13.1. The van der Waals surface area contributed by atoms with E-state index in [1.165, 1.54) is 0 Å². The topological polar surface area (TPSA) is 89.5 Å². The molecule has 0 bridgehead atoms. The summed E-state index contributed by atoms with van der Waals surface area (Å²) in [5.41, 5.74) is 6.14. The first-order valence-corrected chi connectivity index (χ1v) is 6.09. The molecule has 0 aromatic carbocycles. The van der Waals surface area contributed by atoms with Gasteiger partial charge >= 0.3 is 0 Å². The summed E-state index contributed by atoms with van der Waals surface area (Å²) in [7, 11) is 0. The normalized spacial score (nSPS) is 15.9. The number of piperazine rings is 1. The maximum atomic E-state index is 9.00. The fourth-order valence-corrected chi connectivity index (χ4v) is 2.26. The Balaban J connectivity index is 2.07. The molecule has 7 heteroatoms. The van der Waals surface area contributed by atoms with Crippen LogP contribution in [0, 0.1) is 5.41 Å². The number of hydrogen-bond donors (Lipinski definition) is 3. The van der Waals surface area contributed by atoms with Gasteiger partial charge in [-0.15, -0.1) is 0 Å². The van der Waals surface area contributed by atoms with Crippen LogP contribution in [0.25, 0.3) is 0 Å². The zero-order valence-corrected chi connectivity index (χ0v) is 10.7. The van der Waals surface area contributed by atoms with E-state index < -0.39 is 0 Å². The number of halogens is 1. The molecule has 1 aromatic rings. The Bertz CT molecular complexity index is 445. The summed E-state index contributed by atoms with van der Waals surface area (Å²) in [5, 5.41) is 16.9. The first kappa shape index (κ1) is 12.9. The molecule has 0 saturated carbocycles. The largest absolute Gasteiger partial charge is 0.392 e. The highest BCUT2D eigenvalue weighted by molar-refractivity contribution is 6.33. The average molecular weight is 270 g/mol. The minimum absolute atomic E-state index is 0.0644. The van der Waals surface area contributed by atoms with Crippen molar-refractivity contribution < 1.29 is 5.11 Å². The van der Waals surface area contributed by atoms with Gasteiger partial charge in [0.2, 0.25) is 0 Å². The first-order valence-electron chi connectivity index (χ1n) is 5.71. The van der Waals surface area contributed by atoms with Gasteiger partial charge in [0.1, 0.15) is 5.82 Å². The lowest BCUT2D eigenvalue weighted by molar-refractivity contribution is 0.281. The van der Waals surface area contributed by atoms with Gasteiger partial charge in [0.25, 0.3) is 0 Å². The molecule has 98 valence electrons. The van der Waals surface area contributed by atoms with Gasteiger partial charge in [0, 0.05) is 32.4 Å². The molecule has 6 nitrogen and oxygen atoms in total. The molecule has 0 radical (unpaired) electrons. The monoisotopic (exact) mass is 269 g/mol. The number of nitrogens with zero attached hydrogens (tertiary/aromatic N) is 3. The van der Waals surface area contributed by atoms with Crippen LogP contribution in [0.1, 0.15) is 5.56 Å². The van der Waals surface area contributed by atoms with E-state index in [2.05, 4.69) is 9.88 Å².